The van der Waals surface area contributed by atoms with E-state index in [0.29, 0.717) is 0 Å². The lowest BCUT2D eigenvalue weighted by Crippen LogP contribution is -2.72. The van der Waals surface area contributed by atoms with Gasteiger partial charge in [0.15, 0.2) is 53.1 Å². The van der Waals surface area contributed by atoms with Crippen LogP contribution in [0.3, 0.4) is 0 Å². The van der Waals surface area contributed by atoms with E-state index in [9.17, 15) is 38.4 Å². The third kappa shape index (κ3) is 9.35. The second kappa shape index (κ2) is 16.5. The van der Waals surface area contributed by atoms with E-state index in [4.69, 9.17) is 37.9 Å². The van der Waals surface area contributed by atoms with E-state index >= 15 is 4.79 Å². The Balaban J connectivity index is 2.75. The van der Waals surface area contributed by atoms with Crippen LogP contribution in [0.25, 0.3) is 0 Å². The lowest BCUT2D eigenvalue weighted by atomic mass is 9.66. The summed E-state index contributed by atoms with van der Waals surface area (Å²) in [4.78, 5) is 120. The molecule has 1 heterocycles. The number of Topliss-reactive ketones (excluding diaryl/α,β-unsaturated/α-hetero) is 1. The van der Waals surface area contributed by atoms with Crippen molar-refractivity contribution in [1.82, 2.24) is 0 Å². The van der Waals surface area contributed by atoms with E-state index in [2.05, 4.69) is 0 Å². The van der Waals surface area contributed by atoms with Crippen molar-refractivity contribution in [2.75, 3.05) is 0 Å². The number of ketones is 1. The molecule has 0 aromatic heterocycles. The summed E-state index contributed by atoms with van der Waals surface area (Å²) in [5.74, 6) is -12.4. The van der Waals surface area contributed by atoms with Gasteiger partial charge in [-0.25, -0.2) is 0 Å². The number of fused-ring (bicyclic) bond motifs is 3. The van der Waals surface area contributed by atoms with E-state index < -0.39 is 143 Å². The zero-order valence-corrected chi connectivity index (χ0v) is 33.3. The Kier molecular flexibility index (Phi) is 13.4. The molecule has 3 aliphatic rings. The SMILES string of the molecule is CC(=O)O[C@H]1[C@@H](OC(C)=O)C(C)(C)/C=C/[C@H](C)C(=O)[C@@]2(OC(C)=O)C[C@@](C)(OC(C)=O)[C@H](OC(C)=O)[C@@H]2[C@H]2OC(=O)CC[C@@]2(OC(C)=O)[C@H]1OC(=O)C(C)C. The third-order valence-electron chi connectivity index (χ3n) is 9.96. The number of esters is 8. The van der Waals surface area contributed by atoms with Gasteiger partial charge in [-0.2, -0.15) is 0 Å². The van der Waals surface area contributed by atoms with Crippen LogP contribution in [0, 0.1) is 23.2 Å². The Morgan fingerprint density at radius 1 is 0.709 bits per heavy atom. The first-order valence-electron chi connectivity index (χ1n) is 18.0. The normalized spacial score (nSPS) is 34.8. The van der Waals surface area contributed by atoms with Crippen molar-refractivity contribution in [1.29, 1.82) is 0 Å². The molecule has 1 saturated heterocycles. The minimum absolute atomic E-state index is 0.523. The van der Waals surface area contributed by atoms with Gasteiger partial charge >= 0.3 is 47.8 Å². The van der Waals surface area contributed by atoms with E-state index in [1.807, 2.05) is 0 Å². The van der Waals surface area contributed by atoms with Crippen molar-refractivity contribution < 1.29 is 81.0 Å². The Hall–Kier alpha value is -4.83. The predicted octanol–water partition coefficient (Wildman–Crippen LogP) is 2.80. The number of hydrogen-bond donors (Lipinski definition) is 0. The lowest BCUT2D eigenvalue weighted by molar-refractivity contribution is -0.272. The molecule has 0 amide bonds. The number of allylic oxidation sites excluding steroid dienone is 1. The minimum atomic E-state index is -2.50. The molecule has 2 aliphatic carbocycles. The maximum absolute atomic E-state index is 15.1. The molecular weight excluding hydrogens is 728 g/mol. The van der Waals surface area contributed by atoms with Crippen LogP contribution in [0.5, 0.6) is 0 Å². The summed E-state index contributed by atoms with van der Waals surface area (Å²) in [6.45, 7) is 15.1. The van der Waals surface area contributed by atoms with Gasteiger partial charge in [0, 0.05) is 72.1 Å². The summed E-state index contributed by atoms with van der Waals surface area (Å²) < 4.78 is 47.6. The van der Waals surface area contributed by atoms with Gasteiger partial charge in [-0.1, -0.05) is 46.8 Å². The predicted molar refractivity (Wildman–Crippen MR) is 185 cm³/mol. The lowest BCUT2D eigenvalue weighted by Gasteiger charge is -2.53. The monoisotopic (exact) mass is 780 g/mol. The largest absolute Gasteiger partial charge is 0.458 e. The van der Waals surface area contributed by atoms with Gasteiger partial charge < -0.3 is 37.9 Å². The molecule has 0 unspecified atom stereocenters. The van der Waals surface area contributed by atoms with Gasteiger partial charge in [0.05, 0.1) is 11.8 Å². The van der Waals surface area contributed by atoms with Crippen LogP contribution in [0.4, 0.5) is 0 Å². The second-order valence-electron chi connectivity index (χ2n) is 15.5. The quantitative estimate of drug-likeness (QED) is 0.196. The van der Waals surface area contributed by atoms with Crippen LogP contribution in [0.2, 0.25) is 0 Å². The molecule has 1 aliphatic heterocycles. The first-order valence-corrected chi connectivity index (χ1v) is 18.0. The van der Waals surface area contributed by atoms with Gasteiger partial charge in [0.2, 0.25) is 0 Å². The standard InChI is InChI=1S/C38H52O17/c1-18(2)34(47)52-33-28(48-20(4)39)32(50-22(6)41)35(10,11)15-13-19(3)29(46)38(55-25(9)44)17-36(12,53-23(7)42)30(49-21(5)40)27(38)31-37(33,54-24(8)43)16-14-26(45)51-31/h13,15,18-19,27-28,30-33H,14,16-17H2,1-12H3/b15-13+/t19-,27+,28-,30+,31+,32+,33-,36+,37-,38+/m0/s1. The average Bonchev–Trinajstić information content (AvgIpc) is 3.25. The molecule has 0 N–H and O–H groups in total. The van der Waals surface area contributed by atoms with Crippen molar-refractivity contribution in [2.24, 2.45) is 23.2 Å². The van der Waals surface area contributed by atoms with Crippen LogP contribution >= 0.6 is 0 Å². The Labute approximate surface area is 319 Å². The second-order valence-corrected chi connectivity index (χ2v) is 15.5. The van der Waals surface area contributed by atoms with Gasteiger partial charge in [-0.3, -0.25) is 43.2 Å². The molecule has 10 atom stereocenters. The summed E-state index contributed by atoms with van der Waals surface area (Å²) in [5, 5.41) is 0. The number of ether oxygens (including phenoxy) is 8. The van der Waals surface area contributed by atoms with Crippen LogP contribution in [0.15, 0.2) is 12.2 Å². The maximum atomic E-state index is 15.1. The summed E-state index contributed by atoms with van der Waals surface area (Å²) >= 11 is 0. The molecule has 17 nitrogen and oxygen atoms in total. The molecule has 3 rings (SSSR count). The summed E-state index contributed by atoms with van der Waals surface area (Å²) in [5.41, 5.74) is -8.38. The van der Waals surface area contributed by atoms with Crippen molar-refractivity contribution in [2.45, 2.75) is 150 Å². The molecular formula is C38H52O17. The summed E-state index contributed by atoms with van der Waals surface area (Å²) in [6, 6.07) is 0. The molecule has 0 aromatic rings. The molecule has 0 spiro atoms. The number of rotatable bonds is 8. The fraction of sp³-hybridized carbons (Fsp3) is 0.711. The van der Waals surface area contributed by atoms with Crippen LogP contribution in [0.1, 0.15) is 102 Å². The Morgan fingerprint density at radius 2 is 1.24 bits per heavy atom. The molecule has 0 aromatic carbocycles. The van der Waals surface area contributed by atoms with Crippen molar-refractivity contribution in [3.05, 3.63) is 12.2 Å². The van der Waals surface area contributed by atoms with E-state index in [1.165, 1.54) is 39.8 Å². The maximum Gasteiger partial charge on any atom is 0.308 e. The number of hydrogen-bond acceptors (Lipinski definition) is 17. The topological polar surface area (TPSA) is 227 Å². The molecule has 1 saturated carbocycles. The van der Waals surface area contributed by atoms with Crippen molar-refractivity contribution in [3.8, 4) is 0 Å². The highest BCUT2D eigenvalue weighted by atomic mass is 16.7. The van der Waals surface area contributed by atoms with Crippen LogP contribution in [-0.4, -0.2) is 101 Å². The molecule has 0 radical (unpaired) electrons. The fourth-order valence-corrected chi connectivity index (χ4v) is 8.05. The van der Waals surface area contributed by atoms with E-state index in [0.717, 1.165) is 41.5 Å². The smallest absolute Gasteiger partial charge is 0.308 e. The van der Waals surface area contributed by atoms with E-state index in [-0.39, 0.29) is 0 Å². The molecule has 17 heteroatoms. The summed E-state index contributed by atoms with van der Waals surface area (Å²) in [7, 11) is 0. The highest BCUT2D eigenvalue weighted by Crippen LogP contribution is 2.57. The zero-order chi connectivity index (χ0) is 42.0. The van der Waals surface area contributed by atoms with Crippen molar-refractivity contribution in [3.63, 3.8) is 0 Å². The Morgan fingerprint density at radius 3 is 1.73 bits per heavy atom. The number of carbonyl (C=O) groups is 9. The van der Waals surface area contributed by atoms with Crippen LogP contribution in [-0.2, 0) is 81.0 Å². The van der Waals surface area contributed by atoms with Gasteiger partial charge in [-0.05, 0) is 6.92 Å². The minimum Gasteiger partial charge on any atom is -0.458 e. The zero-order valence-electron chi connectivity index (χ0n) is 33.3. The number of carbonyl (C=O) groups excluding carboxylic acids is 9. The van der Waals surface area contributed by atoms with Gasteiger partial charge in [0.25, 0.3) is 0 Å². The first kappa shape index (κ1) is 44.6. The summed E-state index contributed by atoms with van der Waals surface area (Å²) in [6.07, 6.45) is -8.12. The van der Waals surface area contributed by atoms with Crippen molar-refractivity contribution >= 4 is 53.5 Å². The molecule has 55 heavy (non-hydrogen) atoms. The Bertz CT molecular complexity index is 1630. The first-order chi connectivity index (χ1) is 25.2. The highest BCUT2D eigenvalue weighted by Gasteiger charge is 2.76. The van der Waals surface area contributed by atoms with Gasteiger partial charge in [-0.15, -0.1) is 0 Å². The van der Waals surface area contributed by atoms with Gasteiger partial charge in [0.1, 0.15) is 0 Å². The molecule has 0 bridgehead atoms. The fourth-order valence-electron chi connectivity index (χ4n) is 8.05. The molecule has 306 valence electrons. The van der Waals surface area contributed by atoms with E-state index in [1.54, 1.807) is 13.8 Å². The average molecular weight is 781 g/mol. The van der Waals surface area contributed by atoms with Crippen LogP contribution < -0.4 is 0 Å². The third-order valence-corrected chi connectivity index (χ3v) is 9.96. The highest BCUT2D eigenvalue weighted by molar-refractivity contribution is 5.94. The molecule has 2 fully saturated rings.